The average Bonchev–Trinajstić information content (AvgIpc) is 2.54. The molecule has 1 heterocycles. The number of rotatable bonds is 6. The normalized spacial score (nSPS) is 10.8. The molecule has 10 nitrogen and oxygen atoms in total. The lowest BCUT2D eigenvalue weighted by molar-refractivity contribution is -0.684. The zero-order valence-corrected chi connectivity index (χ0v) is 14.3. The zero-order chi connectivity index (χ0) is 19.3. The first kappa shape index (κ1) is 18.9. The topological polar surface area (TPSA) is 175 Å². The van der Waals surface area contributed by atoms with Crippen molar-refractivity contribution >= 4 is 33.5 Å². The van der Waals surface area contributed by atoms with Gasteiger partial charge in [-0.3, -0.25) is 9.59 Å². The minimum Gasteiger partial charge on any atom is -0.369 e. The van der Waals surface area contributed by atoms with Gasteiger partial charge in [-0.1, -0.05) is 0 Å². The van der Waals surface area contributed by atoms with Crippen molar-refractivity contribution in [1.29, 1.82) is 0 Å². The van der Waals surface area contributed by atoms with Gasteiger partial charge < -0.3 is 22.5 Å². The number of nitrogens with one attached hydrogen (secondary N) is 1. The number of hydrogen-bond acceptors (Lipinski definition) is 4. The van der Waals surface area contributed by atoms with E-state index in [0.717, 1.165) is 0 Å². The fourth-order valence-corrected chi connectivity index (χ4v) is 2.90. The van der Waals surface area contributed by atoms with E-state index >= 15 is 0 Å². The summed E-state index contributed by atoms with van der Waals surface area (Å²) in [5.74, 6) is -1.55. The van der Waals surface area contributed by atoms with Gasteiger partial charge in [0.25, 0.3) is 21.8 Å². The van der Waals surface area contributed by atoms with E-state index in [2.05, 4.69) is 9.71 Å². The summed E-state index contributed by atoms with van der Waals surface area (Å²) in [5, 5.41) is 2.60. The molecule has 1 aromatic carbocycles. The summed E-state index contributed by atoms with van der Waals surface area (Å²) < 4.78 is 28.3. The Bertz CT molecular complexity index is 966. The van der Waals surface area contributed by atoms with Crippen molar-refractivity contribution in [3.63, 3.8) is 0 Å². The minimum absolute atomic E-state index is 0.0603. The van der Waals surface area contributed by atoms with E-state index < -0.39 is 21.9 Å². The standard InChI is InChI=1S/C15H16N6O4S/c16-14(23)10-2-1-7-21(8-10)9-13(22)19-11-3-5-12(6-4-11)26(24,25)20-15(17)18/h1-8H,9H2,(H6-,16,17,18,19,20,22,23)/p+1. The molecule has 0 saturated heterocycles. The molecule has 11 heteroatoms. The van der Waals surface area contributed by atoms with Gasteiger partial charge in [0.2, 0.25) is 12.5 Å². The molecule has 0 aliphatic heterocycles. The molecule has 0 fully saturated rings. The van der Waals surface area contributed by atoms with Crippen molar-refractivity contribution in [1.82, 2.24) is 0 Å². The lowest BCUT2D eigenvalue weighted by atomic mass is 10.2. The molecular weight excluding hydrogens is 360 g/mol. The first-order valence-electron chi connectivity index (χ1n) is 7.22. The predicted octanol–water partition coefficient (Wildman–Crippen LogP) is -1.33. The molecule has 0 radical (unpaired) electrons. The summed E-state index contributed by atoms with van der Waals surface area (Å²) in [6, 6.07) is 8.45. The van der Waals surface area contributed by atoms with Gasteiger partial charge in [-0.15, -0.1) is 4.40 Å². The number of guanidine groups is 1. The summed E-state index contributed by atoms with van der Waals surface area (Å²) in [6.45, 7) is -0.0603. The first-order valence-corrected chi connectivity index (χ1v) is 8.66. The summed E-state index contributed by atoms with van der Waals surface area (Å²) in [5.41, 5.74) is 16.0. The van der Waals surface area contributed by atoms with E-state index in [1.165, 1.54) is 41.1 Å². The van der Waals surface area contributed by atoms with Crippen LogP contribution in [0.5, 0.6) is 0 Å². The smallest absolute Gasteiger partial charge is 0.290 e. The maximum atomic E-state index is 12.1. The van der Waals surface area contributed by atoms with Crippen molar-refractivity contribution in [2.45, 2.75) is 11.4 Å². The SMILES string of the molecule is NC(=O)c1ccc[n+](CC(=O)Nc2ccc(S(=O)(=O)N=C(N)N)cc2)c1. The van der Waals surface area contributed by atoms with Crippen LogP contribution in [-0.2, 0) is 21.4 Å². The molecule has 0 aliphatic rings. The van der Waals surface area contributed by atoms with Gasteiger partial charge in [0.1, 0.15) is 5.56 Å². The number of amides is 2. The van der Waals surface area contributed by atoms with Crippen molar-refractivity contribution in [2.24, 2.45) is 21.6 Å². The summed E-state index contributed by atoms with van der Waals surface area (Å²) in [4.78, 5) is 23.1. The van der Waals surface area contributed by atoms with E-state index in [1.54, 1.807) is 12.3 Å². The van der Waals surface area contributed by atoms with E-state index in [-0.39, 0.29) is 22.9 Å². The number of aromatic nitrogens is 1. The Labute approximate surface area is 149 Å². The van der Waals surface area contributed by atoms with Gasteiger partial charge in [-0.05, 0) is 30.3 Å². The molecule has 136 valence electrons. The Kier molecular flexibility index (Phi) is 5.52. The number of nitrogens with zero attached hydrogens (tertiary/aromatic N) is 2. The minimum atomic E-state index is -3.99. The molecule has 2 aromatic rings. The third-order valence-electron chi connectivity index (χ3n) is 3.13. The summed E-state index contributed by atoms with van der Waals surface area (Å²) in [6.07, 6.45) is 3.06. The lowest BCUT2D eigenvalue weighted by Crippen LogP contribution is -2.40. The van der Waals surface area contributed by atoms with E-state index in [4.69, 9.17) is 17.2 Å². The fraction of sp³-hybridized carbons (Fsp3) is 0.0667. The van der Waals surface area contributed by atoms with Gasteiger partial charge in [0, 0.05) is 11.8 Å². The molecule has 0 bridgehead atoms. The van der Waals surface area contributed by atoms with Crippen molar-refractivity contribution in [3.05, 3.63) is 54.4 Å². The molecule has 0 atom stereocenters. The highest BCUT2D eigenvalue weighted by Crippen LogP contribution is 2.16. The van der Waals surface area contributed by atoms with Crippen LogP contribution in [0.2, 0.25) is 0 Å². The third-order valence-corrected chi connectivity index (χ3v) is 4.45. The van der Waals surface area contributed by atoms with Crippen LogP contribution in [0, 0.1) is 0 Å². The van der Waals surface area contributed by atoms with Crippen LogP contribution >= 0.6 is 0 Å². The number of pyridine rings is 1. The molecule has 0 saturated carbocycles. The quantitative estimate of drug-likeness (QED) is 0.276. The molecule has 0 spiro atoms. The van der Waals surface area contributed by atoms with Crippen molar-refractivity contribution in [3.8, 4) is 0 Å². The maximum Gasteiger partial charge on any atom is 0.290 e. The Morgan fingerprint density at radius 3 is 2.31 bits per heavy atom. The number of benzene rings is 1. The van der Waals surface area contributed by atoms with Crippen LogP contribution in [0.25, 0.3) is 0 Å². The van der Waals surface area contributed by atoms with E-state index in [9.17, 15) is 18.0 Å². The van der Waals surface area contributed by atoms with Gasteiger partial charge in [0.15, 0.2) is 12.4 Å². The van der Waals surface area contributed by atoms with Crippen molar-refractivity contribution in [2.75, 3.05) is 5.32 Å². The number of nitrogens with two attached hydrogens (primary N) is 3. The number of carbonyl (C=O) groups is 2. The number of sulfonamides is 1. The number of carbonyl (C=O) groups excluding carboxylic acids is 2. The Balaban J connectivity index is 2.07. The molecule has 0 unspecified atom stereocenters. The first-order chi connectivity index (χ1) is 12.2. The molecular formula is C15H17N6O4S+. The summed E-state index contributed by atoms with van der Waals surface area (Å²) >= 11 is 0. The van der Waals surface area contributed by atoms with Crippen LogP contribution in [0.3, 0.4) is 0 Å². The maximum absolute atomic E-state index is 12.1. The highest BCUT2D eigenvalue weighted by atomic mass is 32.2. The largest absolute Gasteiger partial charge is 0.369 e. The van der Waals surface area contributed by atoms with E-state index in [0.29, 0.717) is 5.69 Å². The third kappa shape index (κ3) is 5.01. The molecule has 26 heavy (non-hydrogen) atoms. The molecule has 2 amide bonds. The van der Waals surface area contributed by atoms with Crippen LogP contribution in [0.1, 0.15) is 10.4 Å². The second kappa shape index (κ2) is 7.61. The molecule has 0 aliphatic carbocycles. The van der Waals surface area contributed by atoms with Gasteiger partial charge in [-0.25, -0.2) is 0 Å². The number of hydrogen-bond donors (Lipinski definition) is 4. The lowest BCUT2D eigenvalue weighted by Gasteiger charge is -2.05. The van der Waals surface area contributed by atoms with Crippen molar-refractivity contribution < 1.29 is 22.6 Å². The van der Waals surface area contributed by atoms with Gasteiger partial charge in [-0.2, -0.15) is 13.0 Å². The second-order valence-corrected chi connectivity index (χ2v) is 6.80. The van der Waals surface area contributed by atoms with E-state index in [1.807, 2.05) is 0 Å². The molecule has 1 aromatic heterocycles. The number of primary amides is 1. The fourth-order valence-electron chi connectivity index (χ4n) is 2.03. The zero-order valence-electron chi connectivity index (χ0n) is 13.5. The highest BCUT2D eigenvalue weighted by molar-refractivity contribution is 7.90. The van der Waals surface area contributed by atoms with Crippen LogP contribution < -0.4 is 27.1 Å². The van der Waals surface area contributed by atoms with Crippen LogP contribution in [0.15, 0.2) is 58.1 Å². The summed E-state index contributed by atoms with van der Waals surface area (Å²) in [7, 11) is -3.99. The molecule has 7 N–H and O–H groups in total. The predicted molar refractivity (Wildman–Crippen MR) is 93.2 cm³/mol. The Morgan fingerprint density at radius 2 is 1.73 bits per heavy atom. The van der Waals surface area contributed by atoms with Gasteiger partial charge in [0.05, 0.1) is 4.90 Å². The number of anilines is 1. The molecule has 2 rings (SSSR count). The highest BCUT2D eigenvalue weighted by Gasteiger charge is 2.15. The Morgan fingerprint density at radius 1 is 1.08 bits per heavy atom. The van der Waals surface area contributed by atoms with Gasteiger partial charge >= 0.3 is 0 Å². The average molecular weight is 377 g/mol. The van der Waals surface area contributed by atoms with Crippen LogP contribution in [-0.4, -0.2) is 26.2 Å². The second-order valence-electron chi connectivity index (χ2n) is 5.19. The monoisotopic (exact) mass is 377 g/mol. The van der Waals surface area contributed by atoms with Crippen LogP contribution in [0.4, 0.5) is 5.69 Å². The Hall–Kier alpha value is -3.47.